The van der Waals surface area contributed by atoms with Crippen molar-refractivity contribution in [3.8, 4) is 0 Å². The monoisotopic (exact) mass is 642 g/mol. The predicted octanol–water partition coefficient (Wildman–Crippen LogP) is 5.00. The van der Waals surface area contributed by atoms with Gasteiger partial charge in [0.1, 0.15) is 13.1 Å². The van der Waals surface area contributed by atoms with Crippen molar-refractivity contribution in [3.63, 3.8) is 0 Å². The quantitative estimate of drug-likeness (QED) is 0.0491. The van der Waals surface area contributed by atoms with Crippen molar-refractivity contribution in [3.05, 3.63) is 0 Å². The number of quaternary nitrogens is 1. The van der Waals surface area contributed by atoms with E-state index in [1.807, 2.05) is 0 Å². The lowest BCUT2D eigenvalue weighted by Gasteiger charge is -2.38. The Morgan fingerprint density at radius 2 is 0.860 bits per heavy atom. The van der Waals surface area contributed by atoms with Crippen LogP contribution in [0.1, 0.15) is 110 Å². The van der Waals surface area contributed by atoms with Gasteiger partial charge in [-0.3, -0.25) is 4.55 Å². The molecule has 0 aromatic heterocycles. The first-order chi connectivity index (χ1) is 20.9. The maximum atomic E-state index is 11.2. The van der Waals surface area contributed by atoms with Gasteiger partial charge >= 0.3 is 0 Å². The molecule has 0 rings (SSSR count). The van der Waals surface area contributed by atoms with Crippen LogP contribution in [0.25, 0.3) is 0 Å². The van der Waals surface area contributed by atoms with Crippen LogP contribution < -0.4 is 0 Å². The Bertz CT molecular complexity index is 669. The lowest BCUT2D eigenvalue weighted by atomic mass is 10.0. The summed E-state index contributed by atoms with van der Waals surface area (Å²) in [6.07, 6.45) is 19.4. The van der Waals surface area contributed by atoms with Crippen LogP contribution in [-0.4, -0.2) is 126 Å². The van der Waals surface area contributed by atoms with Gasteiger partial charge in [0.15, 0.2) is 0 Å². The number of aliphatic hydroxyl groups excluding tert-OH is 2. The van der Waals surface area contributed by atoms with E-state index in [2.05, 4.69) is 6.92 Å². The maximum absolute atomic E-state index is 11.2. The van der Waals surface area contributed by atoms with Crippen molar-refractivity contribution < 1.29 is 46.6 Å². The summed E-state index contributed by atoms with van der Waals surface area (Å²) in [5.74, 6) is -0.224. The van der Waals surface area contributed by atoms with Gasteiger partial charge in [0.05, 0.1) is 84.9 Å². The van der Waals surface area contributed by atoms with Crippen LogP contribution in [0.3, 0.4) is 0 Å². The lowest BCUT2D eigenvalue weighted by Crippen LogP contribution is -2.53. The summed E-state index contributed by atoms with van der Waals surface area (Å²) in [5.41, 5.74) is 0. The highest BCUT2D eigenvalue weighted by atomic mass is 32.2. The molecule has 260 valence electrons. The molecule has 1 atom stereocenters. The van der Waals surface area contributed by atoms with E-state index >= 15 is 0 Å². The van der Waals surface area contributed by atoms with Gasteiger partial charge in [-0.25, -0.2) is 0 Å². The van der Waals surface area contributed by atoms with E-state index in [4.69, 9.17) is 28.6 Å². The van der Waals surface area contributed by atoms with Crippen LogP contribution in [-0.2, 0) is 29.1 Å². The highest BCUT2D eigenvalue weighted by Crippen LogP contribution is 2.16. The standard InChI is InChI=1S/C32H67NO9S/c1-2-3-4-5-6-7-8-9-10-11-12-13-14-15-18-33(20-22-34,19-16-17-32-43(36,37)38)21-24-39-26-28-41-30-31-42-29-27-40-25-23-35/h34-35H,2-32H2,1H3/p+1. The summed E-state index contributed by atoms with van der Waals surface area (Å²) in [4.78, 5) is 0. The summed E-state index contributed by atoms with van der Waals surface area (Å²) in [5, 5.41) is 18.5. The summed E-state index contributed by atoms with van der Waals surface area (Å²) < 4.78 is 54.1. The van der Waals surface area contributed by atoms with E-state index in [9.17, 15) is 13.5 Å². The third-order valence-corrected chi connectivity index (χ3v) is 8.71. The number of nitrogens with zero attached hydrogens (tertiary/aromatic N) is 1. The first-order valence-electron chi connectivity index (χ1n) is 17.2. The number of aliphatic hydroxyl groups is 2. The number of ether oxygens (including phenoxy) is 4. The molecule has 0 fully saturated rings. The third-order valence-electron chi connectivity index (χ3n) is 7.91. The van der Waals surface area contributed by atoms with Gasteiger partial charge in [0.25, 0.3) is 10.1 Å². The van der Waals surface area contributed by atoms with Crippen LogP contribution in [0.2, 0.25) is 0 Å². The second-order valence-corrected chi connectivity index (χ2v) is 13.3. The fraction of sp³-hybridized carbons (Fsp3) is 1.00. The van der Waals surface area contributed by atoms with Gasteiger partial charge < -0.3 is 33.6 Å². The van der Waals surface area contributed by atoms with E-state index in [1.165, 1.54) is 77.0 Å². The lowest BCUT2D eigenvalue weighted by molar-refractivity contribution is -0.929. The molecule has 0 saturated carbocycles. The average Bonchev–Trinajstić information content (AvgIpc) is 2.97. The van der Waals surface area contributed by atoms with E-state index < -0.39 is 10.1 Å². The fourth-order valence-corrected chi connectivity index (χ4v) is 5.91. The molecule has 0 aromatic carbocycles. The van der Waals surface area contributed by atoms with Gasteiger partial charge in [-0.2, -0.15) is 8.42 Å². The highest BCUT2D eigenvalue weighted by Gasteiger charge is 2.26. The average molecular weight is 643 g/mol. The second kappa shape index (κ2) is 31.6. The van der Waals surface area contributed by atoms with Crippen LogP contribution in [0.5, 0.6) is 0 Å². The summed E-state index contributed by atoms with van der Waals surface area (Å²) in [7, 11) is -3.96. The minimum absolute atomic E-state index is 0.0105. The van der Waals surface area contributed by atoms with Gasteiger partial charge in [-0.05, 0) is 25.7 Å². The Balaban J connectivity index is 4.25. The minimum Gasteiger partial charge on any atom is -0.394 e. The van der Waals surface area contributed by atoms with Crippen LogP contribution in [0, 0.1) is 0 Å². The largest absolute Gasteiger partial charge is 0.394 e. The van der Waals surface area contributed by atoms with Crippen molar-refractivity contribution in [1.82, 2.24) is 0 Å². The number of unbranched alkanes of at least 4 members (excludes halogenated alkanes) is 14. The minimum atomic E-state index is -3.96. The normalized spacial score (nSPS) is 13.5. The Labute approximate surface area is 264 Å². The molecular formula is C32H68NO9S+. The smallest absolute Gasteiger partial charge is 0.264 e. The molecule has 0 aliphatic heterocycles. The molecule has 0 aromatic rings. The Hall–Kier alpha value is -0.370. The molecule has 0 heterocycles. The van der Waals surface area contributed by atoms with Crippen molar-refractivity contribution in [2.24, 2.45) is 0 Å². The van der Waals surface area contributed by atoms with Gasteiger partial charge in [-0.15, -0.1) is 0 Å². The van der Waals surface area contributed by atoms with E-state index in [1.54, 1.807) is 0 Å². The first-order valence-corrected chi connectivity index (χ1v) is 18.8. The molecular weight excluding hydrogens is 574 g/mol. The van der Waals surface area contributed by atoms with E-state index in [0.717, 1.165) is 32.5 Å². The van der Waals surface area contributed by atoms with Crippen LogP contribution in [0.4, 0.5) is 0 Å². The van der Waals surface area contributed by atoms with E-state index in [0.29, 0.717) is 76.7 Å². The van der Waals surface area contributed by atoms with Crippen LogP contribution >= 0.6 is 0 Å². The Kier molecular flexibility index (Phi) is 31.3. The van der Waals surface area contributed by atoms with Gasteiger partial charge in [-0.1, -0.05) is 84.0 Å². The number of hydrogen-bond acceptors (Lipinski definition) is 8. The molecule has 0 radical (unpaired) electrons. The fourth-order valence-electron chi connectivity index (χ4n) is 5.34. The van der Waals surface area contributed by atoms with Gasteiger partial charge in [0.2, 0.25) is 0 Å². The first kappa shape index (κ1) is 42.6. The van der Waals surface area contributed by atoms with Crippen LogP contribution in [0.15, 0.2) is 0 Å². The van der Waals surface area contributed by atoms with Crippen molar-refractivity contribution in [2.75, 3.05) is 98.0 Å². The molecule has 0 amide bonds. The van der Waals surface area contributed by atoms with Crippen molar-refractivity contribution in [1.29, 1.82) is 0 Å². The predicted molar refractivity (Wildman–Crippen MR) is 173 cm³/mol. The molecule has 0 bridgehead atoms. The Morgan fingerprint density at radius 3 is 1.28 bits per heavy atom. The number of hydrogen-bond donors (Lipinski definition) is 3. The SMILES string of the molecule is CCCCCCCCCCCCCCCC[N+](CCO)(CCCCS(=O)(=O)O)CCOCCOCCOCCOCCO. The number of rotatable bonds is 36. The molecule has 10 nitrogen and oxygen atoms in total. The van der Waals surface area contributed by atoms with Crippen molar-refractivity contribution in [2.45, 2.75) is 110 Å². The molecule has 43 heavy (non-hydrogen) atoms. The van der Waals surface area contributed by atoms with Crippen molar-refractivity contribution >= 4 is 10.1 Å². The zero-order valence-corrected chi connectivity index (χ0v) is 28.4. The molecule has 11 heteroatoms. The molecule has 3 N–H and O–H groups in total. The highest BCUT2D eigenvalue weighted by molar-refractivity contribution is 7.85. The molecule has 0 spiro atoms. The Morgan fingerprint density at radius 1 is 0.465 bits per heavy atom. The molecule has 0 aliphatic rings. The van der Waals surface area contributed by atoms with E-state index in [-0.39, 0.29) is 19.0 Å². The summed E-state index contributed by atoms with van der Waals surface area (Å²) >= 11 is 0. The second-order valence-electron chi connectivity index (χ2n) is 11.7. The summed E-state index contributed by atoms with van der Waals surface area (Å²) in [6, 6.07) is 0. The topological polar surface area (TPSA) is 132 Å². The molecule has 0 aliphatic carbocycles. The molecule has 0 saturated heterocycles. The van der Waals surface area contributed by atoms with Gasteiger partial charge in [0, 0.05) is 0 Å². The zero-order valence-electron chi connectivity index (χ0n) is 27.6. The molecule has 1 unspecified atom stereocenters. The maximum Gasteiger partial charge on any atom is 0.264 e. The third kappa shape index (κ3) is 31.4. The summed E-state index contributed by atoms with van der Waals surface area (Å²) in [6.45, 7) is 9.07. The zero-order chi connectivity index (χ0) is 31.7.